The van der Waals surface area contributed by atoms with Gasteiger partial charge in [0.15, 0.2) is 5.82 Å². The fourth-order valence-electron chi connectivity index (χ4n) is 2.58. The van der Waals surface area contributed by atoms with Crippen molar-refractivity contribution in [3.05, 3.63) is 33.4 Å². The lowest BCUT2D eigenvalue weighted by Crippen LogP contribution is -2.49. The Labute approximate surface area is 141 Å². The number of anilines is 1. The molecule has 1 saturated heterocycles. The van der Waals surface area contributed by atoms with E-state index >= 15 is 0 Å². The Balaban J connectivity index is 2.26. The smallest absolute Gasteiger partial charge is 0.409 e. The summed E-state index contributed by atoms with van der Waals surface area (Å²) in [6.07, 6.45) is -0.468. The Morgan fingerprint density at radius 2 is 2.00 bits per heavy atom. The van der Waals surface area contributed by atoms with Crippen molar-refractivity contribution in [1.29, 1.82) is 0 Å². The highest BCUT2D eigenvalue weighted by Crippen LogP contribution is 2.34. The first kappa shape index (κ1) is 18.2. The Bertz CT molecular complexity index is 651. The summed E-state index contributed by atoms with van der Waals surface area (Å²) in [7, 11) is 0. The van der Waals surface area contributed by atoms with Gasteiger partial charge in [0.05, 0.1) is 29.2 Å². The molecule has 0 aliphatic carbocycles. The summed E-state index contributed by atoms with van der Waals surface area (Å²) in [6, 6.07) is 0.554. The standard InChI is InChI=1S/C14H16ClF2N3O4/c1-2-24-14(21)19-5-3-18(4-6-19)13-9(8-15)12(17)11(20(22)23)7-10(13)16/h7H,2-6,8H2,1H3. The number of alkyl halides is 1. The van der Waals surface area contributed by atoms with Crippen LogP contribution in [0.3, 0.4) is 0 Å². The third-order valence-electron chi connectivity index (χ3n) is 3.72. The number of piperazine rings is 1. The summed E-state index contributed by atoms with van der Waals surface area (Å²) >= 11 is 5.69. The molecule has 0 bridgehead atoms. The van der Waals surface area contributed by atoms with Gasteiger partial charge in [0.1, 0.15) is 0 Å². The molecule has 1 amide bonds. The maximum Gasteiger partial charge on any atom is 0.409 e. The largest absolute Gasteiger partial charge is 0.450 e. The fourth-order valence-corrected chi connectivity index (χ4v) is 2.82. The third kappa shape index (κ3) is 3.50. The Kier molecular flexibility index (Phi) is 5.76. The van der Waals surface area contributed by atoms with Gasteiger partial charge in [-0.25, -0.2) is 9.18 Å². The number of hydrogen-bond donors (Lipinski definition) is 0. The van der Waals surface area contributed by atoms with Crippen LogP contribution in [-0.2, 0) is 10.6 Å². The maximum absolute atomic E-state index is 14.3. The molecule has 0 spiro atoms. The molecular formula is C14H16ClF2N3O4. The molecule has 7 nitrogen and oxygen atoms in total. The van der Waals surface area contributed by atoms with Crippen LogP contribution in [0.5, 0.6) is 0 Å². The predicted molar refractivity (Wildman–Crippen MR) is 83.4 cm³/mol. The topological polar surface area (TPSA) is 75.9 Å². The van der Waals surface area contributed by atoms with Gasteiger partial charge in [-0.1, -0.05) is 0 Å². The second-order valence-electron chi connectivity index (χ2n) is 5.08. The highest BCUT2D eigenvalue weighted by molar-refractivity contribution is 6.17. The SMILES string of the molecule is CCOC(=O)N1CCN(c2c(F)cc([N+](=O)[O-])c(F)c2CCl)CC1. The van der Waals surface area contributed by atoms with E-state index in [-0.39, 0.29) is 44.0 Å². The van der Waals surface area contributed by atoms with Crippen molar-refractivity contribution in [3.8, 4) is 0 Å². The van der Waals surface area contributed by atoms with E-state index < -0.39 is 34.2 Å². The fraction of sp³-hybridized carbons (Fsp3) is 0.500. The minimum absolute atomic E-state index is 0.100. The molecule has 2 rings (SSSR count). The average Bonchev–Trinajstić information content (AvgIpc) is 2.56. The summed E-state index contributed by atoms with van der Waals surface area (Å²) in [5.41, 5.74) is -1.30. The number of hydrogen-bond acceptors (Lipinski definition) is 5. The van der Waals surface area contributed by atoms with Crippen LogP contribution >= 0.6 is 11.6 Å². The number of carbonyl (C=O) groups excluding carboxylic acids is 1. The number of nitrogens with zero attached hydrogens (tertiary/aromatic N) is 3. The first-order chi connectivity index (χ1) is 11.4. The van der Waals surface area contributed by atoms with E-state index in [9.17, 15) is 23.7 Å². The molecule has 0 atom stereocenters. The van der Waals surface area contributed by atoms with E-state index in [4.69, 9.17) is 16.3 Å². The molecule has 10 heteroatoms. The molecule has 24 heavy (non-hydrogen) atoms. The summed E-state index contributed by atoms with van der Waals surface area (Å²) in [6.45, 7) is 2.93. The molecule has 1 aromatic rings. The van der Waals surface area contributed by atoms with Crippen LogP contribution in [0, 0.1) is 21.7 Å². The average molecular weight is 364 g/mol. The number of nitro groups is 1. The van der Waals surface area contributed by atoms with Gasteiger partial charge in [0, 0.05) is 31.7 Å². The maximum atomic E-state index is 14.3. The van der Waals surface area contributed by atoms with Crippen molar-refractivity contribution < 1.29 is 23.2 Å². The molecule has 0 radical (unpaired) electrons. The second kappa shape index (κ2) is 7.61. The third-order valence-corrected chi connectivity index (χ3v) is 3.98. The summed E-state index contributed by atoms with van der Waals surface area (Å²) in [5, 5.41) is 10.8. The van der Waals surface area contributed by atoms with Crippen LogP contribution in [0.4, 0.5) is 25.0 Å². The van der Waals surface area contributed by atoms with Crippen LogP contribution in [0.25, 0.3) is 0 Å². The zero-order valence-corrected chi connectivity index (χ0v) is 13.7. The minimum Gasteiger partial charge on any atom is -0.450 e. The molecule has 132 valence electrons. The van der Waals surface area contributed by atoms with Crippen molar-refractivity contribution >= 4 is 29.1 Å². The van der Waals surface area contributed by atoms with Gasteiger partial charge in [-0.05, 0) is 6.92 Å². The number of halogens is 3. The van der Waals surface area contributed by atoms with Crippen molar-refractivity contribution in [1.82, 2.24) is 4.90 Å². The molecule has 1 aliphatic heterocycles. The summed E-state index contributed by atoms with van der Waals surface area (Å²) < 4.78 is 33.4. The lowest BCUT2D eigenvalue weighted by molar-refractivity contribution is -0.387. The molecule has 1 fully saturated rings. The highest BCUT2D eigenvalue weighted by atomic mass is 35.5. The van der Waals surface area contributed by atoms with E-state index in [0.717, 1.165) is 0 Å². The zero-order chi connectivity index (χ0) is 17.9. The van der Waals surface area contributed by atoms with Crippen LogP contribution in [0.1, 0.15) is 12.5 Å². The normalized spacial score (nSPS) is 14.7. The van der Waals surface area contributed by atoms with Gasteiger partial charge in [0.2, 0.25) is 5.82 Å². The van der Waals surface area contributed by atoms with Gasteiger partial charge in [0.25, 0.3) is 0 Å². The van der Waals surface area contributed by atoms with E-state index in [1.807, 2.05) is 0 Å². The number of rotatable bonds is 4. The molecule has 1 aliphatic rings. The number of amides is 1. The molecule has 1 aromatic carbocycles. The molecule has 1 heterocycles. The predicted octanol–water partition coefficient (Wildman–Crippen LogP) is 2.89. The van der Waals surface area contributed by atoms with Gasteiger partial charge >= 0.3 is 11.8 Å². The van der Waals surface area contributed by atoms with Gasteiger partial charge in [-0.15, -0.1) is 11.6 Å². The molecule has 0 aromatic heterocycles. The first-order valence-electron chi connectivity index (χ1n) is 7.28. The molecule has 0 saturated carbocycles. The van der Waals surface area contributed by atoms with Gasteiger partial charge in [-0.2, -0.15) is 4.39 Å². The van der Waals surface area contributed by atoms with Crippen molar-refractivity contribution in [2.24, 2.45) is 0 Å². The zero-order valence-electron chi connectivity index (χ0n) is 12.9. The minimum atomic E-state index is -1.14. The van der Waals surface area contributed by atoms with Crippen molar-refractivity contribution in [3.63, 3.8) is 0 Å². The van der Waals surface area contributed by atoms with Gasteiger partial charge < -0.3 is 14.5 Å². The van der Waals surface area contributed by atoms with E-state index in [0.29, 0.717) is 6.07 Å². The van der Waals surface area contributed by atoms with Crippen molar-refractivity contribution in [2.75, 3.05) is 37.7 Å². The summed E-state index contributed by atoms with van der Waals surface area (Å²) in [4.78, 5) is 24.4. The number of ether oxygens (including phenoxy) is 1. The van der Waals surface area contributed by atoms with E-state index in [2.05, 4.69) is 0 Å². The lowest BCUT2D eigenvalue weighted by atomic mass is 10.1. The Morgan fingerprint density at radius 3 is 2.50 bits per heavy atom. The molecule has 0 unspecified atom stereocenters. The van der Waals surface area contributed by atoms with Crippen LogP contribution < -0.4 is 4.90 Å². The highest BCUT2D eigenvalue weighted by Gasteiger charge is 2.30. The molecular weight excluding hydrogens is 348 g/mol. The Morgan fingerprint density at radius 1 is 1.38 bits per heavy atom. The van der Waals surface area contributed by atoms with Gasteiger partial charge in [-0.3, -0.25) is 10.1 Å². The quantitative estimate of drug-likeness (QED) is 0.467. The Hall–Kier alpha value is -2.16. The molecule has 0 N–H and O–H groups in total. The van der Waals surface area contributed by atoms with Crippen LogP contribution in [-0.4, -0.2) is 48.7 Å². The lowest BCUT2D eigenvalue weighted by Gasteiger charge is -2.36. The first-order valence-corrected chi connectivity index (χ1v) is 7.82. The monoisotopic (exact) mass is 363 g/mol. The van der Waals surface area contributed by atoms with Crippen LogP contribution in [0.2, 0.25) is 0 Å². The number of benzene rings is 1. The van der Waals surface area contributed by atoms with E-state index in [1.165, 1.54) is 9.80 Å². The number of carbonyl (C=O) groups is 1. The number of nitro benzene ring substituents is 1. The summed E-state index contributed by atoms with van der Waals surface area (Å²) in [5.74, 6) is -2.46. The van der Waals surface area contributed by atoms with E-state index in [1.54, 1.807) is 6.92 Å². The van der Waals surface area contributed by atoms with Crippen molar-refractivity contribution in [2.45, 2.75) is 12.8 Å². The second-order valence-corrected chi connectivity index (χ2v) is 5.35. The van der Waals surface area contributed by atoms with Crippen LogP contribution in [0.15, 0.2) is 6.07 Å².